The molecule has 1 unspecified atom stereocenters. The first-order chi connectivity index (χ1) is 11.7. The van der Waals surface area contributed by atoms with Gasteiger partial charge in [-0.15, -0.1) is 0 Å². The molecule has 1 atom stereocenters. The number of rotatable bonds is 4. The van der Waals surface area contributed by atoms with E-state index in [1.54, 1.807) is 0 Å². The van der Waals surface area contributed by atoms with Gasteiger partial charge >= 0.3 is 0 Å². The first kappa shape index (κ1) is 15.1. The van der Waals surface area contributed by atoms with Gasteiger partial charge in [-0.1, -0.05) is 29.4 Å². The molecular weight excluding hydrogens is 302 g/mol. The topological polar surface area (TPSA) is 60.0 Å². The van der Waals surface area contributed by atoms with E-state index in [2.05, 4.69) is 39.3 Å². The molecule has 4 rings (SSSR count). The molecule has 6 nitrogen and oxygen atoms in total. The maximum Gasteiger partial charge on any atom is 0.241 e. The fourth-order valence-corrected chi connectivity index (χ4v) is 3.43. The zero-order valence-corrected chi connectivity index (χ0v) is 14.0. The van der Waals surface area contributed by atoms with E-state index in [1.165, 1.54) is 12.0 Å². The Kier molecular flexibility index (Phi) is 3.90. The van der Waals surface area contributed by atoms with Crippen LogP contribution in [0.15, 0.2) is 41.2 Å². The summed E-state index contributed by atoms with van der Waals surface area (Å²) in [6.45, 7) is 3.78. The molecule has 1 saturated heterocycles. The third kappa shape index (κ3) is 2.85. The highest BCUT2D eigenvalue weighted by molar-refractivity contribution is 5.58. The lowest BCUT2D eigenvalue weighted by atomic mass is 10.1. The largest absolute Gasteiger partial charge is 0.338 e. The van der Waals surface area contributed by atoms with Crippen molar-refractivity contribution in [2.75, 3.05) is 6.54 Å². The second-order valence-electron chi connectivity index (χ2n) is 6.40. The fraction of sp³-hybridized carbons (Fsp3) is 0.389. The van der Waals surface area contributed by atoms with Crippen molar-refractivity contribution in [3.8, 4) is 11.4 Å². The molecule has 1 aliphatic rings. The van der Waals surface area contributed by atoms with Gasteiger partial charge in [0.15, 0.2) is 0 Å². The summed E-state index contributed by atoms with van der Waals surface area (Å²) in [4.78, 5) is 6.99. The number of nitrogens with zero attached hydrogens (tertiary/aromatic N) is 5. The van der Waals surface area contributed by atoms with Crippen LogP contribution in [-0.4, -0.2) is 31.4 Å². The molecule has 0 bridgehead atoms. The highest BCUT2D eigenvalue weighted by atomic mass is 16.5. The van der Waals surface area contributed by atoms with E-state index in [-0.39, 0.29) is 0 Å². The van der Waals surface area contributed by atoms with Gasteiger partial charge < -0.3 is 4.52 Å². The number of likely N-dealkylation sites (tertiary alicyclic amines) is 1. The minimum atomic E-state index is 0.382. The molecule has 0 aliphatic carbocycles. The van der Waals surface area contributed by atoms with Gasteiger partial charge in [0.1, 0.15) is 0 Å². The molecule has 0 saturated carbocycles. The summed E-state index contributed by atoms with van der Waals surface area (Å²) in [5.74, 6) is 1.34. The van der Waals surface area contributed by atoms with Gasteiger partial charge in [0.25, 0.3) is 0 Å². The van der Waals surface area contributed by atoms with Crippen LogP contribution in [0.4, 0.5) is 0 Å². The highest BCUT2D eigenvalue weighted by Gasteiger charge is 2.28. The molecular formula is C18H21N5O. The normalized spacial score (nSPS) is 18.3. The molecule has 3 aromatic rings. The number of hydrogen-bond donors (Lipinski definition) is 0. The van der Waals surface area contributed by atoms with E-state index in [9.17, 15) is 0 Å². The average Bonchev–Trinajstić information content (AvgIpc) is 3.29. The third-order valence-corrected chi connectivity index (χ3v) is 4.67. The number of aryl methyl sites for hydroxylation is 2. The zero-order chi connectivity index (χ0) is 16.5. The summed E-state index contributed by atoms with van der Waals surface area (Å²) in [6, 6.07) is 8.48. The lowest BCUT2D eigenvalue weighted by Gasteiger charge is -2.21. The van der Waals surface area contributed by atoms with Gasteiger partial charge in [-0.2, -0.15) is 10.1 Å². The van der Waals surface area contributed by atoms with Crippen LogP contribution in [0.1, 0.15) is 35.9 Å². The Hall–Kier alpha value is -2.47. The van der Waals surface area contributed by atoms with Crippen LogP contribution in [0.3, 0.4) is 0 Å². The van der Waals surface area contributed by atoms with Crippen LogP contribution in [0.5, 0.6) is 0 Å². The SMILES string of the molecule is Cc1ccccc1-c1noc(CN2CCCC2c2cnn(C)c2)n1. The summed E-state index contributed by atoms with van der Waals surface area (Å²) in [6.07, 6.45) is 6.37. The van der Waals surface area contributed by atoms with E-state index in [0.717, 1.165) is 24.1 Å². The van der Waals surface area contributed by atoms with E-state index < -0.39 is 0 Å². The Morgan fingerprint density at radius 1 is 1.29 bits per heavy atom. The summed E-state index contributed by atoms with van der Waals surface area (Å²) < 4.78 is 7.36. The van der Waals surface area contributed by atoms with Crippen molar-refractivity contribution in [1.29, 1.82) is 0 Å². The first-order valence-electron chi connectivity index (χ1n) is 8.32. The Labute approximate surface area is 141 Å². The van der Waals surface area contributed by atoms with Gasteiger partial charge in [0, 0.05) is 30.4 Å². The lowest BCUT2D eigenvalue weighted by molar-refractivity contribution is 0.212. The number of hydrogen-bond acceptors (Lipinski definition) is 5. The van der Waals surface area contributed by atoms with Crippen LogP contribution in [-0.2, 0) is 13.6 Å². The smallest absolute Gasteiger partial charge is 0.241 e. The number of aromatic nitrogens is 4. The minimum absolute atomic E-state index is 0.382. The molecule has 0 radical (unpaired) electrons. The number of benzene rings is 1. The van der Waals surface area contributed by atoms with Crippen molar-refractivity contribution in [3.05, 3.63) is 53.7 Å². The lowest BCUT2D eigenvalue weighted by Crippen LogP contribution is -2.22. The summed E-state index contributed by atoms with van der Waals surface area (Å²) in [5, 5.41) is 8.46. The van der Waals surface area contributed by atoms with Gasteiger partial charge in [-0.05, 0) is 31.9 Å². The Balaban J connectivity index is 1.52. The van der Waals surface area contributed by atoms with Gasteiger partial charge in [-0.3, -0.25) is 9.58 Å². The molecule has 124 valence electrons. The summed E-state index contributed by atoms with van der Waals surface area (Å²) >= 11 is 0. The Bertz CT molecular complexity index is 837. The maximum absolute atomic E-state index is 5.50. The molecule has 1 aliphatic heterocycles. The van der Waals surface area contributed by atoms with Crippen molar-refractivity contribution < 1.29 is 4.52 Å². The maximum atomic E-state index is 5.50. The van der Waals surface area contributed by atoms with Crippen molar-refractivity contribution in [2.45, 2.75) is 32.4 Å². The van der Waals surface area contributed by atoms with Gasteiger partial charge in [0.05, 0.1) is 12.7 Å². The van der Waals surface area contributed by atoms with Crippen LogP contribution in [0.2, 0.25) is 0 Å². The highest BCUT2D eigenvalue weighted by Crippen LogP contribution is 2.32. The predicted molar refractivity (Wildman–Crippen MR) is 90.1 cm³/mol. The minimum Gasteiger partial charge on any atom is -0.338 e. The molecule has 3 heterocycles. The molecule has 0 amide bonds. The Morgan fingerprint density at radius 2 is 2.17 bits per heavy atom. The van der Waals surface area contributed by atoms with Gasteiger partial charge in [-0.25, -0.2) is 0 Å². The first-order valence-corrected chi connectivity index (χ1v) is 8.32. The summed E-state index contributed by atoms with van der Waals surface area (Å²) in [7, 11) is 1.95. The van der Waals surface area contributed by atoms with Crippen molar-refractivity contribution in [1.82, 2.24) is 24.8 Å². The Morgan fingerprint density at radius 3 is 2.96 bits per heavy atom. The van der Waals surface area contributed by atoms with Crippen LogP contribution in [0.25, 0.3) is 11.4 Å². The monoisotopic (exact) mass is 323 g/mol. The van der Waals surface area contributed by atoms with Crippen molar-refractivity contribution >= 4 is 0 Å². The molecule has 6 heteroatoms. The van der Waals surface area contributed by atoms with Crippen LogP contribution >= 0.6 is 0 Å². The second-order valence-corrected chi connectivity index (χ2v) is 6.40. The second kappa shape index (κ2) is 6.20. The molecule has 2 aromatic heterocycles. The molecule has 1 aromatic carbocycles. The van der Waals surface area contributed by atoms with Crippen LogP contribution in [0, 0.1) is 6.92 Å². The zero-order valence-electron chi connectivity index (χ0n) is 14.0. The fourth-order valence-electron chi connectivity index (χ4n) is 3.43. The molecule has 0 N–H and O–H groups in total. The standard InChI is InChI=1S/C18H21N5O/c1-13-6-3-4-7-15(13)18-20-17(24-21-18)12-23-9-5-8-16(23)14-10-19-22(2)11-14/h3-4,6-7,10-11,16H,5,8-9,12H2,1-2H3. The molecule has 24 heavy (non-hydrogen) atoms. The molecule has 0 spiro atoms. The average molecular weight is 323 g/mol. The van der Waals surface area contributed by atoms with E-state index in [0.29, 0.717) is 24.3 Å². The van der Waals surface area contributed by atoms with E-state index in [1.807, 2.05) is 36.1 Å². The van der Waals surface area contributed by atoms with Crippen molar-refractivity contribution in [3.63, 3.8) is 0 Å². The van der Waals surface area contributed by atoms with E-state index in [4.69, 9.17) is 4.52 Å². The summed E-state index contributed by atoms with van der Waals surface area (Å²) in [5.41, 5.74) is 3.44. The van der Waals surface area contributed by atoms with E-state index >= 15 is 0 Å². The third-order valence-electron chi connectivity index (χ3n) is 4.67. The van der Waals surface area contributed by atoms with Crippen molar-refractivity contribution in [2.24, 2.45) is 7.05 Å². The predicted octanol–water partition coefficient (Wildman–Crippen LogP) is 3.12. The van der Waals surface area contributed by atoms with Gasteiger partial charge in [0.2, 0.25) is 11.7 Å². The molecule has 1 fully saturated rings. The van der Waals surface area contributed by atoms with Crippen LogP contribution < -0.4 is 0 Å². The quantitative estimate of drug-likeness (QED) is 0.738.